The monoisotopic (exact) mass is 341 g/mol. The molecule has 0 aromatic heterocycles. The summed E-state index contributed by atoms with van der Waals surface area (Å²) in [4.78, 5) is 0. The van der Waals surface area contributed by atoms with E-state index in [9.17, 15) is 15.3 Å². The molecule has 10 heteroatoms. The van der Waals surface area contributed by atoms with Crippen LogP contribution >= 0.6 is 24.8 Å². The van der Waals surface area contributed by atoms with Gasteiger partial charge in [0.05, 0.1) is 13.2 Å². The van der Waals surface area contributed by atoms with Gasteiger partial charge in [-0.05, 0) is 12.2 Å². The highest BCUT2D eigenvalue weighted by atomic mass is 32.1. The fourth-order valence-electron chi connectivity index (χ4n) is 1.77. The van der Waals surface area contributed by atoms with E-state index in [0.29, 0.717) is 24.0 Å². The lowest BCUT2D eigenvalue weighted by Crippen LogP contribution is -2.59. The Labute approximate surface area is 133 Å². The summed E-state index contributed by atoms with van der Waals surface area (Å²) in [6.45, 7) is 0.615. The number of ether oxygens (including phenoxy) is 2. The first kappa shape index (κ1) is 18.8. The Bertz CT molecular complexity index is 323. The zero-order chi connectivity index (χ0) is 15.8. The highest BCUT2D eigenvalue weighted by Crippen LogP contribution is 2.21. The molecule has 5 atom stereocenters. The summed E-state index contributed by atoms with van der Waals surface area (Å²) in [6, 6.07) is 0. The van der Waals surface area contributed by atoms with E-state index in [1.165, 1.54) is 0 Å². The molecule has 0 aliphatic carbocycles. The van der Waals surface area contributed by atoms with Crippen LogP contribution in [0.4, 0.5) is 0 Å². The first-order chi connectivity index (χ1) is 10.0. The molecule has 1 fully saturated rings. The zero-order valence-corrected chi connectivity index (χ0v) is 13.0. The van der Waals surface area contributed by atoms with E-state index in [-0.39, 0.29) is 6.61 Å². The number of nitrogens with one attached hydrogen (secondary N) is 2. The number of aliphatic hydroxyl groups is 4. The molecular weight excluding hydrogens is 320 g/mol. The van der Waals surface area contributed by atoms with Crippen LogP contribution in [0.25, 0.3) is 0 Å². The van der Waals surface area contributed by atoms with Gasteiger partial charge in [-0.3, -0.25) is 0 Å². The molecule has 1 heterocycles. The first-order valence-electron chi connectivity index (χ1n) is 6.53. The normalized spacial score (nSPS) is 32.7. The van der Waals surface area contributed by atoms with Gasteiger partial charge in [-0.2, -0.15) is 0 Å². The van der Waals surface area contributed by atoms with Gasteiger partial charge in [0.1, 0.15) is 24.4 Å². The topological polar surface area (TPSA) is 123 Å². The number of aliphatic hydroxyl groups excluding tert-OH is 4. The molecule has 0 aromatic carbocycles. The van der Waals surface area contributed by atoms with Crippen LogP contribution in [0.2, 0.25) is 0 Å². The molecule has 1 rings (SSSR count). The van der Waals surface area contributed by atoms with Gasteiger partial charge in [-0.25, -0.2) is 0 Å². The van der Waals surface area contributed by atoms with Crippen molar-refractivity contribution in [3.8, 4) is 0 Å². The summed E-state index contributed by atoms with van der Waals surface area (Å²) in [7, 11) is 0. The van der Waals surface area contributed by atoms with Crippen molar-refractivity contribution in [1.82, 2.24) is 10.6 Å². The van der Waals surface area contributed by atoms with E-state index in [1.807, 2.05) is 0 Å². The molecule has 1 radical (unpaired) electrons. The van der Waals surface area contributed by atoms with E-state index < -0.39 is 37.3 Å². The summed E-state index contributed by atoms with van der Waals surface area (Å²) in [5.41, 5.74) is 0. The van der Waals surface area contributed by atoms with Crippen molar-refractivity contribution in [1.29, 1.82) is 0 Å². The minimum atomic E-state index is -1.44. The Morgan fingerprint density at radius 2 is 1.76 bits per heavy atom. The number of hydrogen-bond acceptors (Lipinski definition) is 7. The number of hydrogen-bond donors (Lipinski definition) is 6. The van der Waals surface area contributed by atoms with Gasteiger partial charge in [0.15, 0.2) is 11.4 Å². The average molecular weight is 341 g/mol. The summed E-state index contributed by atoms with van der Waals surface area (Å²) < 4.78 is 10.5. The average Bonchev–Trinajstić information content (AvgIpc) is 2.49. The molecule has 0 saturated carbocycles. The van der Waals surface area contributed by atoms with Crippen LogP contribution in [0.3, 0.4) is 0 Å². The second-order valence-electron chi connectivity index (χ2n) is 4.45. The SMILES string of the molecule is OC[C@H]1O[C@H](OCCNC(=S)NCC[S])[C@@H](O)[C@@H](O)[C@@H]1O. The molecular formula is C11H21N2O6S2. The minimum Gasteiger partial charge on any atom is -0.394 e. The van der Waals surface area contributed by atoms with Gasteiger partial charge >= 0.3 is 0 Å². The van der Waals surface area contributed by atoms with Gasteiger partial charge < -0.3 is 40.5 Å². The molecule has 123 valence electrons. The van der Waals surface area contributed by atoms with Crippen LogP contribution in [0.5, 0.6) is 0 Å². The lowest BCUT2D eigenvalue weighted by Gasteiger charge is -2.39. The van der Waals surface area contributed by atoms with E-state index in [1.54, 1.807) is 0 Å². The van der Waals surface area contributed by atoms with E-state index in [4.69, 9.17) is 39.4 Å². The number of rotatable bonds is 7. The van der Waals surface area contributed by atoms with Gasteiger partial charge in [0, 0.05) is 18.8 Å². The highest BCUT2D eigenvalue weighted by molar-refractivity contribution is 7.80. The predicted octanol–water partition coefficient (Wildman–Crippen LogP) is -2.54. The summed E-state index contributed by atoms with van der Waals surface area (Å²) in [5, 5.41) is 44.1. The molecule has 1 saturated heterocycles. The molecule has 8 nitrogen and oxygen atoms in total. The summed E-state index contributed by atoms with van der Waals surface area (Å²) >= 11 is 9.74. The summed E-state index contributed by atoms with van der Waals surface area (Å²) in [6.07, 6.45) is -6.33. The van der Waals surface area contributed by atoms with Crippen molar-refractivity contribution >= 4 is 30.0 Å². The highest BCUT2D eigenvalue weighted by Gasteiger charge is 2.43. The van der Waals surface area contributed by atoms with Crippen LogP contribution in [-0.2, 0) is 9.47 Å². The third kappa shape index (κ3) is 5.83. The van der Waals surface area contributed by atoms with Crippen molar-refractivity contribution in [2.24, 2.45) is 0 Å². The quantitative estimate of drug-likeness (QED) is 0.220. The molecule has 1 aliphatic rings. The molecule has 6 N–H and O–H groups in total. The standard InChI is InChI=1S/C11H21N2O6S2/c14-5-6-7(15)8(16)9(17)10(19-6)18-3-1-12-11(21)13-2-4-20/h6-10,14-17H,1-5H2,(H2,12,13,21)/t6-,7-,8+,9+,10+/m1/s1. The lowest BCUT2D eigenvalue weighted by atomic mass is 9.99. The van der Waals surface area contributed by atoms with Crippen LogP contribution in [0.15, 0.2) is 0 Å². The fourth-order valence-corrected chi connectivity index (χ4v) is 2.08. The van der Waals surface area contributed by atoms with Gasteiger partial charge in [0.2, 0.25) is 0 Å². The van der Waals surface area contributed by atoms with Crippen LogP contribution in [0, 0.1) is 0 Å². The van der Waals surface area contributed by atoms with Crippen LogP contribution in [-0.4, -0.2) is 88.3 Å². The van der Waals surface area contributed by atoms with Crippen molar-refractivity contribution in [3.63, 3.8) is 0 Å². The van der Waals surface area contributed by atoms with Crippen molar-refractivity contribution in [3.05, 3.63) is 0 Å². The van der Waals surface area contributed by atoms with Gasteiger partial charge in [-0.15, -0.1) is 0 Å². The second-order valence-corrected chi connectivity index (χ2v) is 5.27. The lowest BCUT2D eigenvalue weighted by molar-refractivity contribution is -0.300. The minimum absolute atomic E-state index is 0.151. The molecule has 0 aromatic rings. The Kier molecular flexibility index (Phi) is 8.74. The molecule has 0 spiro atoms. The Morgan fingerprint density at radius 1 is 1.10 bits per heavy atom. The van der Waals surface area contributed by atoms with E-state index in [0.717, 1.165) is 0 Å². The zero-order valence-electron chi connectivity index (χ0n) is 11.3. The van der Waals surface area contributed by atoms with Crippen molar-refractivity contribution in [2.45, 2.75) is 30.7 Å². The fraction of sp³-hybridized carbons (Fsp3) is 0.909. The maximum absolute atomic E-state index is 9.73. The Morgan fingerprint density at radius 3 is 2.38 bits per heavy atom. The first-order valence-corrected chi connectivity index (χ1v) is 7.51. The third-order valence-corrected chi connectivity index (χ3v) is 3.40. The third-order valence-electron chi connectivity index (χ3n) is 2.91. The van der Waals surface area contributed by atoms with Crippen LogP contribution < -0.4 is 10.6 Å². The predicted molar refractivity (Wildman–Crippen MR) is 80.8 cm³/mol. The van der Waals surface area contributed by atoms with E-state index in [2.05, 4.69) is 10.6 Å². The molecule has 0 unspecified atom stereocenters. The van der Waals surface area contributed by atoms with Gasteiger partial charge in [0.25, 0.3) is 0 Å². The molecule has 1 aliphatic heterocycles. The summed E-state index contributed by atoms with van der Waals surface area (Å²) in [5.74, 6) is 0.545. The van der Waals surface area contributed by atoms with Crippen LogP contribution in [0.1, 0.15) is 0 Å². The Hall–Kier alpha value is -0.200. The molecule has 0 bridgehead atoms. The molecule has 21 heavy (non-hydrogen) atoms. The maximum Gasteiger partial charge on any atom is 0.186 e. The smallest absolute Gasteiger partial charge is 0.186 e. The molecule has 0 amide bonds. The van der Waals surface area contributed by atoms with Crippen molar-refractivity contribution in [2.75, 3.05) is 32.1 Å². The van der Waals surface area contributed by atoms with Gasteiger partial charge in [-0.1, -0.05) is 12.6 Å². The number of thiocarbonyl (C=S) groups is 1. The van der Waals surface area contributed by atoms with E-state index >= 15 is 0 Å². The largest absolute Gasteiger partial charge is 0.394 e. The Balaban J connectivity index is 2.29. The van der Waals surface area contributed by atoms with Crippen molar-refractivity contribution < 1.29 is 29.9 Å². The second kappa shape index (κ2) is 9.74. The maximum atomic E-state index is 9.73.